The molecule has 29 heavy (non-hydrogen) atoms. The van der Waals surface area contributed by atoms with Gasteiger partial charge in [-0.1, -0.05) is 13.0 Å². The Hall–Kier alpha value is -1.26. The highest BCUT2D eigenvalue weighted by atomic mass is 35.5. The number of rotatable bonds is 5. The molecule has 1 aromatic carbocycles. The van der Waals surface area contributed by atoms with Crippen molar-refractivity contribution in [3.63, 3.8) is 0 Å². The summed E-state index contributed by atoms with van der Waals surface area (Å²) < 4.78 is 5.61. The molecule has 0 N–H and O–H groups in total. The normalized spacial score (nSPS) is 30.3. The van der Waals surface area contributed by atoms with Crippen LogP contribution in [0.5, 0.6) is 5.75 Å². The van der Waals surface area contributed by atoms with Gasteiger partial charge in [0, 0.05) is 36.7 Å². The van der Waals surface area contributed by atoms with Crippen molar-refractivity contribution in [3.05, 3.63) is 29.3 Å². The summed E-state index contributed by atoms with van der Waals surface area (Å²) in [5.41, 5.74) is 2.58. The number of alkyl halides is 2. The van der Waals surface area contributed by atoms with Gasteiger partial charge in [0.1, 0.15) is 11.5 Å². The van der Waals surface area contributed by atoms with E-state index < -0.39 is 6.09 Å². The van der Waals surface area contributed by atoms with Gasteiger partial charge in [-0.2, -0.15) is 0 Å². The Labute approximate surface area is 182 Å². The molecule has 0 radical (unpaired) electrons. The highest BCUT2D eigenvalue weighted by Gasteiger charge is 2.54. The van der Waals surface area contributed by atoms with Crippen LogP contribution < -0.4 is 4.74 Å². The molecule has 2 fully saturated rings. The number of hydrogen-bond acceptors (Lipinski definition) is 3. The van der Waals surface area contributed by atoms with Crippen LogP contribution in [0.2, 0.25) is 0 Å². The molecule has 2 saturated carbocycles. The first kappa shape index (κ1) is 21.0. The maximum Gasteiger partial charge on any atom is 0.415 e. The Morgan fingerprint density at radius 3 is 2.66 bits per heavy atom. The van der Waals surface area contributed by atoms with Crippen molar-refractivity contribution in [3.8, 4) is 5.75 Å². The number of ketones is 1. The SMILES string of the molecule is C[C@]12CCC3c4ccc(OC(=O)N(CCCl)CCCl)cc4CCC3C1CCC2=O. The molecule has 158 valence electrons. The van der Waals surface area contributed by atoms with Crippen molar-refractivity contribution < 1.29 is 14.3 Å². The third kappa shape index (κ3) is 3.79. The predicted octanol–water partition coefficient (Wildman–Crippen LogP) is 5.39. The van der Waals surface area contributed by atoms with E-state index in [1.54, 1.807) is 0 Å². The van der Waals surface area contributed by atoms with Crippen molar-refractivity contribution in [1.29, 1.82) is 0 Å². The lowest BCUT2D eigenvalue weighted by Crippen LogP contribution is -2.42. The van der Waals surface area contributed by atoms with E-state index in [1.807, 2.05) is 12.1 Å². The van der Waals surface area contributed by atoms with Gasteiger partial charge in [0.2, 0.25) is 0 Å². The van der Waals surface area contributed by atoms with E-state index >= 15 is 0 Å². The first-order chi connectivity index (χ1) is 14.0. The molecule has 0 saturated heterocycles. The van der Waals surface area contributed by atoms with Crippen LogP contribution in [0.25, 0.3) is 0 Å². The van der Waals surface area contributed by atoms with Gasteiger partial charge in [0.15, 0.2) is 0 Å². The highest BCUT2D eigenvalue weighted by molar-refractivity contribution is 6.18. The van der Waals surface area contributed by atoms with Crippen LogP contribution in [-0.4, -0.2) is 41.6 Å². The maximum atomic E-state index is 12.5. The van der Waals surface area contributed by atoms with Crippen LogP contribution in [0.3, 0.4) is 0 Å². The number of aryl methyl sites for hydroxylation is 1. The van der Waals surface area contributed by atoms with E-state index in [-0.39, 0.29) is 5.41 Å². The van der Waals surface area contributed by atoms with Gasteiger partial charge in [0.05, 0.1) is 0 Å². The van der Waals surface area contributed by atoms with Crippen LogP contribution in [0, 0.1) is 17.3 Å². The monoisotopic (exact) mass is 437 g/mol. The van der Waals surface area contributed by atoms with Crippen molar-refractivity contribution in [2.24, 2.45) is 17.3 Å². The van der Waals surface area contributed by atoms with Crippen molar-refractivity contribution >= 4 is 35.1 Å². The number of carbonyl (C=O) groups is 2. The fraction of sp³-hybridized carbons (Fsp3) is 0.652. The zero-order chi connectivity index (χ0) is 20.6. The number of carbonyl (C=O) groups excluding carboxylic acids is 2. The molecule has 4 nitrogen and oxygen atoms in total. The Bertz CT molecular complexity index is 792. The summed E-state index contributed by atoms with van der Waals surface area (Å²) in [6.07, 6.45) is 5.58. The zero-order valence-electron chi connectivity index (χ0n) is 17.0. The topological polar surface area (TPSA) is 46.6 Å². The molecule has 4 rings (SSSR count). The van der Waals surface area contributed by atoms with Gasteiger partial charge in [-0.25, -0.2) is 4.79 Å². The zero-order valence-corrected chi connectivity index (χ0v) is 18.5. The number of amides is 1. The quantitative estimate of drug-likeness (QED) is 0.579. The lowest BCUT2D eigenvalue weighted by molar-refractivity contribution is -0.129. The third-order valence-corrected chi connectivity index (χ3v) is 7.92. The first-order valence-corrected chi connectivity index (χ1v) is 11.8. The second kappa shape index (κ2) is 8.47. The van der Waals surface area contributed by atoms with E-state index in [9.17, 15) is 9.59 Å². The number of benzene rings is 1. The third-order valence-electron chi connectivity index (χ3n) is 7.58. The number of ether oxygens (including phenoxy) is 1. The molecule has 0 spiro atoms. The first-order valence-electron chi connectivity index (χ1n) is 10.7. The van der Waals surface area contributed by atoms with E-state index in [4.69, 9.17) is 27.9 Å². The number of Topliss-reactive ketones (excluding diaryl/α,β-unsaturated/α-hetero) is 1. The number of fused-ring (bicyclic) bond motifs is 5. The molecular formula is C23H29Cl2NO3. The second-order valence-corrected chi connectivity index (χ2v) is 9.68. The van der Waals surface area contributed by atoms with Crippen molar-refractivity contribution in [2.75, 3.05) is 24.8 Å². The molecule has 4 atom stereocenters. The summed E-state index contributed by atoms with van der Waals surface area (Å²) in [6, 6.07) is 6.07. The second-order valence-electron chi connectivity index (χ2n) is 8.93. The summed E-state index contributed by atoms with van der Waals surface area (Å²) in [4.78, 5) is 26.4. The highest BCUT2D eigenvalue weighted by Crippen LogP contribution is 2.59. The van der Waals surface area contributed by atoms with Crippen molar-refractivity contribution in [1.82, 2.24) is 4.90 Å². The predicted molar refractivity (Wildman–Crippen MR) is 115 cm³/mol. The molecule has 0 heterocycles. The Kier molecular flexibility index (Phi) is 6.13. The number of halogens is 2. The van der Waals surface area contributed by atoms with E-state index in [1.165, 1.54) is 16.0 Å². The van der Waals surface area contributed by atoms with Gasteiger partial charge < -0.3 is 9.64 Å². The summed E-state index contributed by atoms with van der Waals surface area (Å²) in [7, 11) is 0. The van der Waals surface area contributed by atoms with Crippen molar-refractivity contribution in [2.45, 2.75) is 51.4 Å². The molecule has 0 aliphatic heterocycles. The van der Waals surface area contributed by atoms with Crippen LogP contribution >= 0.6 is 23.2 Å². The Balaban J connectivity index is 1.50. The molecule has 6 heteroatoms. The van der Waals surface area contributed by atoms with Crippen LogP contribution in [-0.2, 0) is 11.2 Å². The van der Waals surface area contributed by atoms with E-state index in [2.05, 4.69) is 13.0 Å². The molecule has 3 aliphatic carbocycles. The fourth-order valence-electron chi connectivity index (χ4n) is 6.06. The van der Waals surface area contributed by atoms with Crippen LogP contribution in [0.15, 0.2) is 18.2 Å². The number of nitrogens with zero attached hydrogens (tertiary/aromatic N) is 1. The number of hydrogen-bond donors (Lipinski definition) is 0. The van der Waals surface area contributed by atoms with Gasteiger partial charge >= 0.3 is 6.09 Å². The average Bonchev–Trinajstić information content (AvgIpc) is 3.02. The summed E-state index contributed by atoms with van der Waals surface area (Å²) in [5, 5.41) is 0. The summed E-state index contributed by atoms with van der Waals surface area (Å²) >= 11 is 11.6. The summed E-state index contributed by atoms with van der Waals surface area (Å²) in [6.45, 7) is 3.04. The largest absolute Gasteiger partial charge is 0.415 e. The average molecular weight is 438 g/mol. The summed E-state index contributed by atoms with van der Waals surface area (Å²) in [5.74, 6) is 3.41. The molecule has 0 bridgehead atoms. The van der Waals surface area contributed by atoms with Gasteiger partial charge in [-0.3, -0.25) is 4.79 Å². The van der Waals surface area contributed by atoms with Gasteiger partial charge in [-0.05, 0) is 73.1 Å². The van der Waals surface area contributed by atoms with Crippen LogP contribution in [0.1, 0.15) is 56.1 Å². The van der Waals surface area contributed by atoms with Gasteiger partial charge in [-0.15, -0.1) is 23.2 Å². The van der Waals surface area contributed by atoms with Crippen LogP contribution in [0.4, 0.5) is 4.79 Å². The Morgan fingerprint density at radius 2 is 1.93 bits per heavy atom. The van der Waals surface area contributed by atoms with E-state index in [0.717, 1.165) is 38.5 Å². The molecular weight excluding hydrogens is 409 g/mol. The molecule has 3 aliphatic rings. The molecule has 0 aromatic heterocycles. The van der Waals surface area contributed by atoms with E-state index in [0.29, 0.717) is 54.1 Å². The Morgan fingerprint density at radius 1 is 1.17 bits per heavy atom. The lowest BCUT2D eigenvalue weighted by atomic mass is 9.55. The molecule has 1 aromatic rings. The minimum atomic E-state index is -0.405. The maximum absolute atomic E-state index is 12.5. The molecule has 1 amide bonds. The van der Waals surface area contributed by atoms with Gasteiger partial charge in [0.25, 0.3) is 0 Å². The minimum absolute atomic E-state index is 0.0948. The lowest BCUT2D eigenvalue weighted by Gasteiger charge is -2.48. The standard InChI is InChI=1S/C23H29Cl2NO3/c1-23-9-8-18-17-5-3-16(29-22(28)26(12-10-24)13-11-25)14-15(17)2-4-19(18)20(23)6-7-21(23)27/h3,5,14,18-20H,2,4,6-13H2,1H3/t18?,19?,20?,23-/m0/s1. The fourth-order valence-corrected chi connectivity index (χ4v) is 6.47. The minimum Gasteiger partial charge on any atom is -0.410 e. The smallest absolute Gasteiger partial charge is 0.410 e. The molecule has 3 unspecified atom stereocenters.